The summed E-state index contributed by atoms with van der Waals surface area (Å²) in [5.74, 6) is 0.813. The molecule has 0 fully saturated rings. The second-order valence-electron chi connectivity index (χ2n) is 8.55. The van der Waals surface area contributed by atoms with E-state index in [0.717, 1.165) is 0 Å². The van der Waals surface area contributed by atoms with Crippen molar-refractivity contribution < 1.29 is 32.2 Å². The first kappa shape index (κ1) is 27.0. The van der Waals surface area contributed by atoms with Gasteiger partial charge in [-0.2, -0.15) is 4.98 Å². The van der Waals surface area contributed by atoms with Gasteiger partial charge in [-0.3, -0.25) is 0 Å². The van der Waals surface area contributed by atoms with Crippen LogP contribution in [0.15, 0.2) is 82.3 Å². The molecule has 0 saturated carbocycles. The fourth-order valence-electron chi connectivity index (χ4n) is 3.60. The van der Waals surface area contributed by atoms with Gasteiger partial charge in [-0.25, -0.2) is 17.7 Å². The Morgan fingerprint density at radius 3 is 2.32 bits per heavy atom. The molecule has 10 nitrogen and oxygen atoms in total. The number of benzene rings is 2. The van der Waals surface area contributed by atoms with Crippen molar-refractivity contribution in [2.24, 2.45) is 5.92 Å². The van der Waals surface area contributed by atoms with Gasteiger partial charge in [-0.1, -0.05) is 44.2 Å². The molecule has 4 aromatic rings. The van der Waals surface area contributed by atoms with Crippen molar-refractivity contribution in [3.63, 3.8) is 0 Å². The third-order valence-corrected chi connectivity index (χ3v) is 7.04. The highest BCUT2D eigenvalue weighted by molar-refractivity contribution is 7.92. The van der Waals surface area contributed by atoms with Gasteiger partial charge in [0.25, 0.3) is 15.9 Å². The maximum Gasteiger partial charge on any atom is 0.265 e. The summed E-state index contributed by atoms with van der Waals surface area (Å²) in [6.07, 6.45) is 1.46. The number of para-hydroxylation sites is 2. The lowest BCUT2D eigenvalue weighted by Gasteiger charge is -2.27. The number of nitrogens with zero attached hydrogens (tertiary/aromatic N) is 3. The maximum absolute atomic E-state index is 14.0. The van der Waals surface area contributed by atoms with Crippen molar-refractivity contribution in [1.29, 1.82) is 0 Å². The fourth-order valence-corrected chi connectivity index (χ4v) is 5.20. The summed E-state index contributed by atoms with van der Waals surface area (Å²) in [5, 5.41) is 9.46. The highest BCUT2D eigenvalue weighted by Crippen LogP contribution is 2.44. The molecule has 0 aliphatic carbocycles. The van der Waals surface area contributed by atoms with Crippen molar-refractivity contribution in [2.75, 3.05) is 31.2 Å². The van der Waals surface area contributed by atoms with Crippen molar-refractivity contribution in [2.45, 2.75) is 18.7 Å². The van der Waals surface area contributed by atoms with Crippen LogP contribution in [0, 0.1) is 5.92 Å². The number of rotatable bonds is 12. The van der Waals surface area contributed by atoms with E-state index in [1.54, 1.807) is 54.6 Å². The van der Waals surface area contributed by atoms with Gasteiger partial charge < -0.3 is 23.7 Å². The summed E-state index contributed by atoms with van der Waals surface area (Å²) in [5.41, 5.74) is 0. The van der Waals surface area contributed by atoms with Crippen molar-refractivity contribution in [3.05, 3.63) is 73.0 Å². The molecule has 1 N–H and O–H groups in total. The number of hydrogen-bond acceptors (Lipinski definition) is 9. The van der Waals surface area contributed by atoms with E-state index >= 15 is 0 Å². The molecule has 2 aromatic heterocycles. The Kier molecular flexibility index (Phi) is 8.49. The summed E-state index contributed by atoms with van der Waals surface area (Å²) in [4.78, 5) is 9.15. The van der Waals surface area contributed by atoms with E-state index in [4.69, 9.17) is 18.6 Å². The Hall–Kier alpha value is -4.09. The lowest BCUT2D eigenvalue weighted by molar-refractivity contribution is 0.192. The summed E-state index contributed by atoms with van der Waals surface area (Å²) in [7, 11) is -2.61. The summed E-state index contributed by atoms with van der Waals surface area (Å²) in [6.45, 7) is 3.44. The zero-order chi connectivity index (χ0) is 27.1. The Balaban J connectivity index is 2.00. The molecule has 0 aliphatic heterocycles. The Morgan fingerprint density at radius 1 is 0.974 bits per heavy atom. The minimum Gasteiger partial charge on any atom is -0.493 e. The predicted octanol–water partition coefficient (Wildman–Crippen LogP) is 4.76. The summed E-state index contributed by atoms with van der Waals surface area (Å²) < 4.78 is 52.1. The average molecular weight is 540 g/mol. The van der Waals surface area contributed by atoms with Gasteiger partial charge in [-0.15, -0.1) is 0 Å². The standard InChI is InChI=1S/C27H29N3O7S/c1-19(2)18-30(38(32,33)20-10-5-4-6-11-20)26-24(37-22-13-8-7-12-21(22)34-3)27(36-17-15-31)29-25(28-26)23-14-9-16-35-23/h4-14,16,19,31H,15,17-18H2,1-3H3. The molecule has 0 amide bonds. The number of sulfonamides is 1. The number of hydrogen-bond donors (Lipinski definition) is 1. The highest BCUT2D eigenvalue weighted by Gasteiger charge is 2.33. The van der Waals surface area contributed by atoms with Crippen molar-refractivity contribution >= 4 is 15.8 Å². The first-order valence-electron chi connectivity index (χ1n) is 11.9. The number of aliphatic hydroxyl groups excluding tert-OH is 1. The van der Waals surface area contributed by atoms with Crippen LogP contribution < -0.4 is 18.5 Å². The lowest BCUT2D eigenvalue weighted by atomic mass is 10.2. The molecule has 0 radical (unpaired) electrons. The van der Waals surface area contributed by atoms with E-state index in [1.807, 2.05) is 13.8 Å². The number of methoxy groups -OCH3 is 1. The van der Waals surface area contributed by atoms with Gasteiger partial charge in [-0.05, 0) is 42.3 Å². The normalized spacial score (nSPS) is 11.4. The van der Waals surface area contributed by atoms with Gasteiger partial charge in [0.05, 0.1) is 24.9 Å². The molecule has 200 valence electrons. The van der Waals surface area contributed by atoms with Crippen LogP contribution in [0.4, 0.5) is 5.82 Å². The van der Waals surface area contributed by atoms with Gasteiger partial charge in [0.2, 0.25) is 11.6 Å². The molecule has 11 heteroatoms. The minimum absolute atomic E-state index is 0.0530. The Morgan fingerprint density at radius 2 is 1.68 bits per heavy atom. The maximum atomic E-state index is 14.0. The molecule has 38 heavy (non-hydrogen) atoms. The Bertz CT molecular complexity index is 1440. The molecule has 0 bridgehead atoms. The van der Waals surface area contributed by atoms with Crippen LogP contribution in [0.1, 0.15) is 13.8 Å². The van der Waals surface area contributed by atoms with E-state index in [0.29, 0.717) is 17.3 Å². The second kappa shape index (κ2) is 12.0. The Labute approximate surface area is 221 Å². The largest absolute Gasteiger partial charge is 0.493 e. The quantitative estimate of drug-likeness (QED) is 0.271. The average Bonchev–Trinajstić information content (AvgIpc) is 3.47. The van der Waals surface area contributed by atoms with Crippen LogP contribution in [0.2, 0.25) is 0 Å². The second-order valence-corrected chi connectivity index (χ2v) is 10.4. The number of ether oxygens (including phenoxy) is 3. The van der Waals surface area contributed by atoms with Crippen LogP contribution in [-0.4, -0.2) is 50.4 Å². The van der Waals surface area contributed by atoms with Crippen molar-refractivity contribution in [1.82, 2.24) is 9.97 Å². The van der Waals surface area contributed by atoms with E-state index in [9.17, 15) is 13.5 Å². The summed E-state index contributed by atoms with van der Waals surface area (Å²) in [6, 6.07) is 18.3. The van der Waals surface area contributed by atoms with Gasteiger partial charge >= 0.3 is 0 Å². The van der Waals surface area contributed by atoms with Gasteiger partial charge in [0, 0.05) is 6.54 Å². The van der Waals surface area contributed by atoms with Crippen LogP contribution in [0.3, 0.4) is 0 Å². The SMILES string of the molecule is COc1ccccc1Oc1c(OCCO)nc(-c2ccco2)nc1N(CC(C)C)S(=O)(=O)c1ccccc1. The first-order chi connectivity index (χ1) is 18.3. The van der Waals surface area contributed by atoms with Gasteiger partial charge in [0.1, 0.15) is 6.61 Å². The summed E-state index contributed by atoms with van der Waals surface area (Å²) >= 11 is 0. The van der Waals surface area contributed by atoms with Crippen LogP contribution in [0.25, 0.3) is 11.6 Å². The smallest absolute Gasteiger partial charge is 0.265 e. The van der Waals surface area contributed by atoms with E-state index < -0.39 is 10.0 Å². The predicted molar refractivity (Wildman–Crippen MR) is 141 cm³/mol. The van der Waals surface area contributed by atoms with Crippen molar-refractivity contribution in [3.8, 4) is 34.7 Å². The van der Waals surface area contributed by atoms with Crippen LogP contribution in [-0.2, 0) is 10.0 Å². The number of aromatic nitrogens is 2. The number of furan rings is 1. The molecule has 0 unspecified atom stereocenters. The zero-order valence-electron chi connectivity index (χ0n) is 21.3. The van der Waals surface area contributed by atoms with Gasteiger partial charge in [0.15, 0.2) is 23.1 Å². The minimum atomic E-state index is -4.11. The third-order valence-electron chi connectivity index (χ3n) is 5.27. The zero-order valence-corrected chi connectivity index (χ0v) is 22.1. The number of anilines is 1. The molecule has 2 heterocycles. The molecule has 0 atom stereocenters. The molecule has 0 aliphatic rings. The number of aliphatic hydroxyl groups is 1. The molecule has 4 rings (SSSR count). The lowest BCUT2D eigenvalue weighted by Crippen LogP contribution is -2.35. The molecule has 2 aromatic carbocycles. The van der Waals surface area contributed by atoms with Crippen LogP contribution >= 0.6 is 0 Å². The van der Waals surface area contributed by atoms with E-state index in [-0.39, 0.29) is 53.8 Å². The third kappa shape index (κ3) is 5.90. The topological polar surface area (TPSA) is 124 Å². The van der Waals surface area contributed by atoms with E-state index in [2.05, 4.69) is 9.97 Å². The monoisotopic (exact) mass is 539 g/mol. The molecular weight excluding hydrogens is 510 g/mol. The highest BCUT2D eigenvalue weighted by atomic mass is 32.2. The molecular formula is C27H29N3O7S. The van der Waals surface area contributed by atoms with Crippen LogP contribution in [0.5, 0.6) is 23.1 Å². The fraction of sp³-hybridized carbons (Fsp3) is 0.259. The molecule has 0 spiro atoms. The van der Waals surface area contributed by atoms with E-state index in [1.165, 1.54) is 29.8 Å². The molecule has 0 saturated heterocycles. The first-order valence-corrected chi connectivity index (χ1v) is 13.4.